The van der Waals surface area contributed by atoms with Crippen LogP contribution in [0, 0.1) is 0 Å². The number of rotatable bonds is 4. The minimum absolute atomic E-state index is 0.0994. The molecule has 0 saturated heterocycles. The molecule has 3 aromatic rings. The fourth-order valence-corrected chi connectivity index (χ4v) is 2.10. The molecule has 6 heteroatoms. The molecule has 0 unspecified atom stereocenters. The molecule has 0 aliphatic heterocycles. The van der Waals surface area contributed by atoms with E-state index in [1.54, 1.807) is 30.6 Å². The summed E-state index contributed by atoms with van der Waals surface area (Å²) in [7, 11) is 0. The first-order valence-electron chi connectivity index (χ1n) is 7.05. The van der Waals surface area contributed by atoms with Gasteiger partial charge in [-0.15, -0.1) is 0 Å². The van der Waals surface area contributed by atoms with Crippen molar-refractivity contribution in [1.29, 1.82) is 0 Å². The van der Waals surface area contributed by atoms with Crippen molar-refractivity contribution in [2.45, 2.75) is 6.54 Å². The number of benzene rings is 1. The fourth-order valence-electron chi connectivity index (χ4n) is 2.10. The lowest BCUT2D eigenvalue weighted by atomic mass is 10.2. The summed E-state index contributed by atoms with van der Waals surface area (Å²) in [5.41, 5.74) is 1.18. The van der Waals surface area contributed by atoms with Crippen molar-refractivity contribution in [3.8, 4) is 11.3 Å². The Hall–Kier alpha value is -3.28. The van der Waals surface area contributed by atoms with Crippen LogP contribution < -0.4 is 10.9 Å². The lowest BCUT2D eigenvalue weighted by molar-refractivity contribution is -0.116. The summed E-state index contributed by atoms with van der Waals surface area (Å²) < 4.78 is 1.33. The van der Waals surface area contributed by atoms with Gasteiger partial charge in [0.25, 0.3) is 5.56 Å². The molecule has 6 nitrogen and oxygen atoms in total. The van der Waals surface area contributed by atoms with Crippen LogP contribution in [0.5, 0.6) is 0 Å². The van der Waals surface area contributed by atoms with Crippen molar-refractivity contribution in [2.24, 2.45) is 0 Å². The molecule has 0 aliphatic rings. The Kier molecular flexibility index (Phi) is 4.24. The van der Waals surface area contributed by atoms with E-state index in [1.807, 2.05) is 30.3 Å². The largest absolute Gasteiger partial charge is 0.309 e. The molecule has 0 saturated carbocycles. The van der Waals surface area contributed by atoms with E-state index in [0.717, 1.165) is 5.56 Å². The number of aromatic nitrogens is 3. The van der Waals surface area contributed by atoms with Gasteiger partial charge in [-0.25, -0.2) is 9.97 Å². The molecule has 1 amide bonds. The quantitative estimate of drug-likeness (QED) is 0.799. The van der Waals surface area contributed by atoms with Gasteiger partial charge in [-0.1, -0.05) is 36.4 Å². The Morgan fingerprint density at radius 2 is 1.83 bits per heavy atom. The molecule has 0 bridgehead atoms. The van der Waals surface area contributed by atoms with Gasteiger partial charge in [0.05, 0.1) is 11.9 Å². The lowest BCUT2D eigenvalue weighted by Gasteiger charge is -2.08. The number of amides is 1. The first kappa shape index (κ1) is 14.6. The van der Waals surface area contributed by atoms with Crippen LogP contribution in [-0.4, -0.2) is 20.4 Å². The number of hydrogen-bond donors (Lipinski definition) is 1. The van der Waals surface area contributed by atoms with Gasteiger partial charge in [0.15, 0.2) is 0 Å². The number of carbonyl (C=O) groups is 1. The zero-order valence-corrected chi connectivity index (χ0v) is 12.2. The molecule has 114 valence electrons. The third kappa shape index (κ3) is 3.68. The number of carbonyl (C=O) groups excluding carboxylic acids is 1. The van der Waals surface area contributed by atoms with E-state index < -0.39 is 0 Å². The summed E-state index contributed by atoms with van der Waals surface area (Å²) in [5, 5.41) is 2.65. The minimum atomic E-state index is -0.333. The molecule has 0 radical (unpaired) electrons. The SMILES string of the molecule is O=C(Cn1cc(-c2ccccc2)ncc1=O)Nc1ccccn1. The smallest absolute Gasteiger partial charge is 0.269 e. The molecular weight excluding hydrogens is 292 g/mol. The van der Waals surface area contributed by atoms with Crippen molar-refractivity contribution in [1.82, 2.24) is 14.5 Å². The first-order valence-corrected chi connectivity index (χ1v) is 7.05. The highest BCUT2D eigenvalue weighted by Gasteiger charge is 2.08. The van der Waals surface area contributed by atoms with Crippen LogP contribution in [0.1, 0.15) is 0 Å². The maximum absolute atomic E-state index is 12.1. The van der Waals surface area contributed by atoms with Crippen LogP contribution in [0.15, 0.2) is 71.9 Å². The minimum Gasteiger partial charge on any atom is -0.309 e. The van der Waals surface area contributed by atoms with E-state index in [-0.39, 0.29) is 18.0 Å². The second kappa shape index (κ2) is 6.65. The lowest BCUT2D eigenvalue weighted by Crippen LogP contribution is -2.27. The van der Waals surface area contributed by atoms with Gasteiger partial charge in [0.2, 0.25) is 5.91 Å². The summed E-state index contributed by atoms with van der Waals surface area (Å²) in [6.07, 6.45) is 4.38. The van der Waals surface area contributed by atoms with Crippen LogP contribution in [0.25, 0.3) is 11.3 Å². The highest BCUT2D eigenvalue weighted by Crippen LogP contribution is 2.14. The third-order valence-electron chi connectivity index (χ3n) is 3.19. The second-order valence-corrected chi connectivity index (χ2v) is 4.87. The van der Waals surface area contributed by atoms with Crippen LogP contribution in [0.4, 0.5) is 5.82 Å². The summed E-state index contributed by atoms with van der Waals surface area (Å²) >= 11 is 0. The van der Waals surface area contributed by atoms with E-state index in [1.165, 1.54) is 10.8 Å². The van der Waals surface area contributed by atoms with Crippen molar-refractivity contribution in [3.05, 3.63) is 77.5 Å². The molecule has 3 rings (SSSR count). The summed E-state index contributed by atoms with van der Waals surface area (Å²) in [6.45, 7) is -0.0994. The predicted octanol–water partition coefficient (Wildman–Crippen LogP) is 1.94. The van der Waals surface area contributed by atoms with Gasteiger partial charge in [0.1, 0.15) is 12.4 Å². The Bertz CT molecular complexity index is 861. The topological polar surface area (TPSA) is 76.9 Å². The van der Waals surface area contributed by atoms with Crippen LogP contribution >= 0.6 is 0 Å². The summed E-state index contributed by atoms with van der Waals surface area (Å²) in [5.74, 6) is 0.124. The second-order valence-electron chi connectivity index (χ2n) is 4.87. The molecule has 0 atom stereocenters. The Morgan fingerprint density at radius 3 is 2.57 bits per heavy atom. The average molecular weight is 306 g/mol. The Morgan fingerprint density at radius 1 is 1.04 bits per heavy atom. The van der Waals surface area contributed by atoms with Crippen LogP contribution in [0.3, 0.4) is 0 Å². The van der Waals surface area contributed by atoms with E-state index >= 15 is 0 Å². The van der Waals surface area contributed by atoms with Gasteiger partial charge in [-0.05, 0) is 12.1 Å². The Balaban J connectivity index is 1.80. The molecule has 2 aromatic heterocycles. The first-order chi connectivity index (χ1) is 11.2. The van der Waals surface area contributed by atoms with E-state index in [4.69, 9.17) is 0 Å². The normalized spacial score (nSPS) is 10.3. The predicted molar refractivity (Wildman–Crippen MR) is 86.8 cm³/mol. The number of pyridine rings is 1. The number of hydrogen-bond acceptors (Lipinski definition) is 4. The van der Waals surface area contributed by atoms with E-state index in [0.29, 0.717) is 11.5 Å². The zero-order chi connectivity index (χ0) is 16.1. The van der Waals surface area contributed by atoms with Crippen LogP contribution in [0.2, 0.25) is 0 Å². The number of nitrogens with zero attached hydrogens (tertiary/aromatic N) is 3. The van der Waals surface area contributed by atoms with Gasteiger partial charge in [-0.2, -0.15) is 0 Å². The van der Waals surface area contributed by atoms with Crippen molar-refractivity contribution in [3.63, 3.8) is 0 Å². The number of nitrogens with one attached hydrogen (secondary N) is 1. The molecule has 1 aromatic carbocycles. The fraction of sp³-hybridized carbons (Fsp3) is 0.0588. The van der Waals surface area contributed by atoms with Gasteiger partial charge < -0.3 is 9.88 Å². The summed E-state index contributed by atoms with van der Waals surface area (Å²) in [4.78, 5) is 32.1. The monoisotopic (exact) mass is 306 g/mol. The maximum Gasteiger partial charge on any atom is 0.269 e. The van der Waals surface area contributed by atoms with Gasteiger partial charge in [0, 0.05) is 18.0 Å². The van der Waals surface area contributed by atoms with Gasteiger partial charge in [-0.3, -0.25) is 9.59 Å². The van der Waals surface area contributed by atoms with Crippen molar-refractivity contribution < 1.29 is 4.79 Å². The molecular formula is C17H14N4O2. The molecule has 0 fully saturated rings. The molecule has 2 heterocycles. The molecule has 23 heavy (non-hydrogen) atoms. The summed E-state index contributed by atoms with van der Waals surface area (Å²) in [6, 6.07) is 14.7. The maximum atomic E-state index is 12.1. The third-order valence-corrected chi connectivity index (χ3v) is 3.19. The van der Waals surface area contributed by atoms with Crippen molar-refractivity contribution >= 4 is 11.7 Å². The van der Waals surface area contributed by atoms with Gasteiger partial charge >= 0.3 is 0 Å². The van der Waals surface area contributed by atoms with E-state index in [2.05, 4.69) is 15.3 Å². The number of anilines is 1. The van der Waals surface area contributed by atoms with Crippen LogP contribution in [-0.2, 0) is 11.3 Å². The molecule has 0 spiro atoms. The highest BCUT2D eigenvalue weighted by atomic mass is 16.2. The zero-order valence-electron chi connectivity index (χ0n) is 12.2. The molecule has 1 N–H and O–H groups in total. The van der Waals surface area contributed by atoms with Crippen molar-refractivity contribution in [2.75, 3.05) is 5.32 Å². The molecule has 0 aliphatic carbocycles. The average Bonchev–Trinajstić information content (AvgIpc) is 2.58. The highest BCUT2D eigenvalue weighted by molar-refractivity contribution is 5.89. The standard InChI is InChI=1S/C17H14N4O2/c22-16(20-15-8-4-5-9-18-15)12-21-11-14(19-10-17(21)23)13-6-2-1-3-7-13/h1-11H,12H2,(H,18,20,22). The van der Waals surface area contributed by atoms with E-state index in [9.17, 15) is 9.59 Å². The Labute approximate surface area is 132 Å².